The molecule has 4 heteroatoms. The average Bonchev–Trinajstić information content (AvgIpc) is 2.85. The topological polar surface area (TPSA) is 43.4 Å². The van der Waals surface area contributed by atoms with Gasteiger partial charge in [0.2, 0.25) is 9.84 Å². The molecule has 0 saturated heterocycles. The van der Waals surface area contributed by atoms with Crippen LogP contribution >= 0.6 is 0 Å². The van der Waals surface area contributed by atoms with Gasteiger partial charge in [0.1, 0.15) is 11.5 Å². The van der Waals surface area contributed by atoms with Crippen LogP contribution in [-0.4, -0.2) is 8.42 Å². The van der Waals surface area contributed by atoms with Crippen LogP contribution in [0.1, 0.15) is 43.0 Å². The lowest BCUT2D eigenvalue weighted by atomic mass is 9.78. The first-order chi connectivity index (χ1) is 16.2. The molecule has 0 heterocycles. The fourth-order valence-corrected chi connectivity index (χ4v) is 5.20. The highest BCUT2D eigenvalue weighted by Crippen LogP contribution is 2.33. The average molecular weight is 471 g/mol. The van der Waals surface area contributed by atoms with Gasteiger partial charge in [-0.05, 0) is 78.6 Å². The third kappa shape index (κ3) is 4.92. The van der Waals surface area contributed by atoms with E-state index in [1.807, 2.05) is 31.2 Å². The van der Waals surface area contributed by atoms with Crippen molar-refractivity contribution >= 4 is 9.84 Å². The molecular weight excluding hydrogens is 440 g/mol. The molecule has 0 aliphatic carbocycles. The molecular formula is C30H30O3S. The second-order valence-corrected chi connectivity index (χ2v) is 11.0. The SMILES string of the molecule is CCc1ccc(S(=O)(=O)c2ccc(Oc3ccc(C(C)(C)c4ccc(C)cc4)cc3)cc2)cc1. The predicted octanol–water partition coefficient (Wildman–Crippen LogP) is 7.51. The Hall–Kier alpha value is -3.37. The van der Waals surface area contributed by atoms with E-state index in [0.29, 0.717) is 16.4 Å². The van der Waals surface area contributed by atoms with Gasteiger partial charge in [-0.3, -0.25) is 0 Å². The maximum Gasteiger partial charge on any atom is 0.206 e. The molecule has 174 valence electrons. The normalized spacial score (nSPS) is 11.9. The fourth-order valence-electron chi connectivity index (χ4n) is 3.94. The molecule has 4 aromatic carbocycles. The molecule has 0 aliphatic rings. The second kappa shape index (κ2) is 9.47. The van der Waals surface area contributed by atoms with Crippen LogP contribution in [-0.2, 0) is 21.7 Å². The summed E-state index contributed by atoms with van der Waals surface area (Å²) in [5.74, 6) is 1.29. The largest absolute Gasteiger partial charge is 0.457 e. The number of aryl methyl sites for hydroxylation is 2. The molecule has 0 unspecified atom stereocenters. The van der Waals surface area contributed by atoms with E-state index in [4.69, 9.17) is 4.74 Å². The van der Waals surface area contributed by atoms with Crippen LogP contribution in [0.4, 0.5) is 0 Å². The predicted molar refractivity (Wildman–Crippen MR) is 138 cm³/mol. The Balaban J connectivity index is 1.48. The van der Waals surface area contributed by atoms with Crippen LogP contribution in [0.2, 0.25) is 0 Å². The molecule has 0 N–H and O–H groups in total. The summed E-state index contributed by atoms with van der Waals surface area (Å²) in [6.45, 7) is 8.56. The molecule has 0 saturated carbocycles. The van der Waals surface area contributed by atoms with Gasteiger partial charge in [0.15, 0.2) is 0 Å². The first-order valence-electron chi connectivity index (χ1n) is 11.5. The molecule has 0 atom stereocenters. The van der Waals surface area contributed by atoms with E-state index in [9.17, 15) is 8.42 Å². The number of hydrogen-bond acceptors (Lipinski definition) is 3. The fraction of sp³-hybridized carbons (Fsp3) is 0.200. The molecule has 0 aliphatic heterocycles. The van der Waals surface area contributed by atoms with Gasteiger partial charge in [-0.2, -0.15) is 0 Å². The lowest BCUT2D eigenvalue weighted by Gasteiger charge is -2.26. The van der Waals surface area contributed by atoms with Crippen molar-refractivity contribution in [1.82, 2.24) is 0 Å². The third-order valence-corrected chi connectivity index (χ3v) is 8.15. The molecule has 0 amide bonds. The minimum absolute atomic E-state index is 0.127. The van der Waals surface area contributed by atoms with E-state index in [-0.39, 0.29) is 10.3 Å². The maximum atomic E-state index is 12.9. The van der Waals surface area contributed by atoms with Crippen molar-refractivity contribution in [3.05, 3.63) is 119 Å². The Kier molecular flexibility index (Phi) is 6.63. The van der Waals surface area contributed by atoms with Gasteiger partial charge < -0.3 is 4.74 Å². The van der Waals surface area contributed by atoms with Crippen LogP contribution < -0.4 is 4.74 Å². The minimum atomic E-state index is -3.56. The van der Waals surface area contributed by atoms with Gasteiger partial charge in [-0.15, -0.1) is 0 Å². The zero-order valence-corrected chi connectivity index (χ0v) is 20.9. The molecule has 4 aromatic rings. The van der Waals surface area contributed by atoms with Gasteiger partial charge in [0.05, 0.1) is 9.79 Å². The quantitative estimate of drug-likeness (QED) is 0.281. The minimum Gasteiger partial charge on any atom is -0.457 e. The lowest BCUT2D eigenvalue weighted by Crippen LogP contribution is -2.18. The van der Waals surface area contributed by atoms with Crippen LogP contribution in [0.15, 0.2) is 107 Å². The van der Waals surface area contributed by atoms with E-state index in [0.717, 1.165) is 12.0 Å². The molecule has 3 nitrogen and oxygen atoms in total. The first kappa shape index (κ1) is 23.8. The summed E-state index contributed by atoms with van der Waals surface area (Å²) >= 11 is 0. The van der Waals surface area contributed by atoms with Crippen molar-refractivity contribution in [2.24, 2.45) is 0 Å². The number of ether oxygens (including phenoxy) is 1. The highest BCUT2D eigenvalue weighted by atomic mass is 32.2. The summed E-state index contributed by atoms with van der Waals surface area (Å²) in [6.07, 6.45) is 0.872. The Morgan fingerprint density at radius 2 is 1.06 bits per heavy atom. The van der Waals surface area contributed by atoms with Crippen molar-refractivity contribution in [2.75, 3.05) is 0 Å². The second-order valence-electron chi connectivity index (χ2n) is 9.09. The highest BCUT2D eigenvalue weighted by Gasteiger charge is 2.23. The van der Waals surface area contributed by atoms with E-state index in [1.165, 1.54) is 16.7 Å². The molecule has 34 heavy (non-hydrogen) atoms. The number of rotatable bonds is 7. The van der Waals surface area contributed by atoms with Gasteiger partial charge in [0, 0.05) is 5.41 Å². The van der Waals surface area contributed by atoms with E-state index >= 15 is 0 Å². The Labute approximate surface area is 203 Å². The van der Waals surface area contributed by atoms with Gasteiger partial charge in [-0.1, -0.05) is 74.9 Å². The van der Waals surface area contributed by atoms with Crippen LogP contribution in [0.25, 0.3) is 0 Å². The zero-order valence-electron chi connectivity index (χ0n) is 20.1. The molecule has 0 aromatic heterocycles. The van der Waals surface area contributed by atoms with Gasteiger partial charge >= 0.3 is 0 Å². The standard InChI is InChI=1S/C30H30O3S/c1-5-23-8-18-28(19-9-23)34(31,32)29-20-16-27(17-21-29)33-26-14-12-25(13-15-26)30(3,4)24-10-6-22(2)7-11-24/h6-21H,5H2,1-4H3. The Morgan fingerprint density at radius 3 is 1.53 bits per heavy atom. The molecule has 0 radical (unpaired) electrons. The summed E-state index contributed by atoms with van der Waals surface area (Å²) in [5.41, 5.74) is 4.68. The van der Waals surface area contributed by atoms with Crippen molar-refractivity contribution in [3.8, 4) is 11.5 Å². The summed E-state index contributed by atoms with van der Waals surface area (Å²) in [7, 11) is -3.56. The highest BCUT2D eigenvalue weighted by molar-refractivity contribution is 7.91. The lowest BCUT2D eigenvalue weighted by molar-refractivity contribution is 0.481. The van der Waals surface area contributed by atoms with Crippen molar-refractivity contribution < 1.29 is 13.2 Å². The molecule has 0 bridgehead atoms. The molecule has 0 spiro atoms. The van der Waals surface area contributed by atoms with E-state index in [2.05, 4.69) is 57.2 Å². The zero-order chi connectivity index (χ0) is 24.3. The first-order valence-corrected chi connectivity index (χ1v) is 13.0. The summed E-state index contributed by atoms with van der Waals surface area (Å²) in [4.78, 5) is 0.546. The van der Waals surface area contributed by atoms with Gasteiger partial charge in [0.25, 0.3) is 0 Å². The summed E-state index contributed by atoms with van der Waals surface area (Å²) in [5, 5.41) is 0. The number of benzene rings is 4. The van der Waals surface area contributed by atoms with Crippen molar-refractivity contribution in [1.29, 1.82) is 0 Å². The smallest absolute Gasteiger partial charge is 0.206 e. The monoisotopic (exact) mass is 470 g/mol. The summed E-state index contributed by atoms with van der Waals surface area (Å²) < 4.78 is 31.8. The third-order valence-electron chi connectivity index (χ3n) is 6.36. The number of sulfone groups is 1. The molecule has 0 fully saturated rings. The van der Waals surface area contributed by atoms with Crippen LogP contribution in [0.3, 0.4) is 0 Å². The van der Waals surface area contributed by atoms with Crippen LogP contribution in [0.5, 0.6) is 11.5 Å². The van der Waals surface area contributed by atoms with Gasteiger partial charge in [-0.25, -0.2) is 8.42 Å². The van der Waals surface area contributed by atoms with E-state index < -0.39 is 9.84 Å². The van der Waals surface area contributed by atoms with Crippen molar-refractivity contribution in [2.45, 2.75) is 49.3 Å². The number of hydrogen-bond donors (Lipinski definition) is 0. The Morgan fingerprint density at radius 1 is 0.647 bits per heavy atom. The molecule has 4 rings (SSSR count). The van der Waals surface area contributed by atoms with Crippen molar-refractivity contribution in [3.63, 3.8) is 0 Å². The Bertz CT molecular complexity index is 1350. The maximum absolute atomic E-state index is 12.9. The summed E-state index contributed by atoms with van der Waals surface area (Å²) in [6, 6.07) is 30.3. The van der Waals surface area contributed by atoms with E-state index in [1.54, 1.807) is 36.4 Å². The van der Waals surface area contributed by atoms with Crippen LogP contribution in [0, 0.1) is 6.92 Å².